The lowest BCUT2D eigenvalue weighted by Gasteiger charge is -2.28. The monoisotopic (exact) mass is 510 g/mol. The summed E-state index contributed by atoms with van der Waals surface area (Å²) in [5, 5.41) is 0. The van der Waals surface area contributed by atoms with Crippen LogP contribution in [0.15, 0.2) is 66.9 Å². The number of carbonyl (C=O) groups is 2. The number of ether oxygens (including phenoxy) is 1. The Morgan fingerprint density at radius 2 is 1.79 bits per heavy atom. The van der Waals surface area contributed by atoms with Crippen molar-refractivity contribution in [2.75, 3.05) is 22.9 Å². The number of rotatable bonds is 5. The van der Waals surface area contributed by atoms with E-state index < -0.39 is 11.7 Å². The van der Waals surface area contributed by atoms with Crippen LogP contribution in [0.4, 0.5) is 16.3 Å². The van der Waals surface area contributed by atoms with Gasteiger partial charge in [-0.1, -0.05) is 36.4 Å². The zero-order chi connectivity index (χ0) is 26.9. The molecule has 9 nitrogen and oxygen atoms in total. The summed E-state index contributed by atoms with van der Waals surface area (Å²) in [6.07, 6.45) is 4.09. The summed E-state index contributed by atoms with van der Waals surface area (Å²) in [4.78, 5) is 42.5. The van der Waals surface area contributed by atoms with E-state index in [0.29, 0.717) is 23.6 Å². The molecular weight excluding hydrogens is 480 g/mol. The molecule has 0 fully saturated rings. The number of aryl methyl sites for hydroxylation is 1. The predicted molar refractivity (Wildman–Crippen MR) is 148 cm³/mol. The maximum atomic E-state index is 12.9. The number of hydrogen-bond acceptors (Lipinski definition) is 7. The number of anilines is 2. The molecule has 0 atom stereocenters. The Bertz CT molecular complexity index is 1520. The highest BCUT2D eigenvalue weighted by molar-refractivity contribution is 6.05. The molecule has 4 aromatic rings. The normalized spacial score (nSPS) is 13.8. The SMILES string of the molecule is Cn1c(-c2nc(C3=CCN(c4ccccc4)CC3)cnc2N(C=O)C(=O)OC(C)(C)C)nc2ccccc21. The van der Waals surface area contributed by atoms with Gasteiger partial charge in [0.05, 0.1) is 22.9 Å². The number of carbonyl (C=O) groups excluding carboxylic acids is 2. The number of imide groups is 1. The van der Waals surface area contributed by atoms with E-state index >= 15 is 0 Å². The lowest BCUT2D eigenvalue weighted by molar-refractivity contribution is -0.107. The molecule has 0 aliphatic carbocycles. The Morgan fingerprint density at radius 3 is 2.45 bits per heavy atom. The van der Waals surface area contributed by atoms with Crippen LogP contribution in [0.3, 0.4) is 0 Å². The predicted octanol–water partition coefficient (Wildman–Crippen LogP) is 5.22. The molecule has 3 heterocycles. The van der Waals surface area contributed by atoms with E-state index in [1.807, 2.05) is 54.1 Å². The van der Waals surface area contributed by atoms with Crippen molar-refractivity contribution in [2.24, 2.45) is 7.05 Å². The number of hydrogen-bond donors (Lipinski definition) is 0. The van der Waals surface area contributed by atoms with Crippen LogP contribution >= 0.6 is 0 Å². The summed E-state index contributed by atoms with van der Waals surface area (Å²) < 4.78 is 7.36. The second-order valence-electron chi connectivity index (χ2n) is 10.1. The van der Waals surface area contributed by atoms with Gasteiger partial charge in [0.1, 0.15) is 11.3 Å². The van der Waals surface area contributed by atoms with Crippen molar-refractivity contribution in [2.45, 2.75) is 32.8 Å². The van der Waals surface area contributed by atoms with Crippen molar-refractivity contribution in [3.05, 3.63) is 72.6 Å². The van der Waals surface area contributed by atoms with Crippen molar-refractivity contribution in [1.29, 1.82) is 0 Å². The highest BCUT2D eigenvalue weighted by atomic mass is 16.6. The molecule has 194 valence electrons. The van der Waals surface area contributed by atoms with Crippen LogP contribution in [-0.2, 0) is 16.6 Å². The van der Waals surface area contributed by atoms with Gasteiger partial charge >= 0.3 is 6.09 Å². The summed E-state index contributed by atoms with van der Waals surface area (Å²) in [5.74, 6) is 0.562. The molecule has 0 saturated carbocycles. The lowest BCUT2D eigenvalue weighted by atomic mass is 10.0. The topological polar surface area (TPSA) is 93.5 Å². The van der Waals surface area contributed by atoms with E-state index in [4.69, 9.17) is 14.7 Å². The minimum Gasteiger partial charge on any atom is -0.443 e. The highest BCUT2D eigenvalue weighted by Gasteiger charge is 2.29. The number of amides is 2. The first-order valence-corrected chi connectivity index (χ1v) is 12.5. The van der Waals surface area contributed by atoms with E-state index in [9.17, 15) is 9.59 Å². The second kappa shape index (κ2) is 10.1. The van der Waals surface area contributed by atoms with Gasteiger partial charge in [0.25, 0.3) is 0 Å². The second-order valence-corrected chi connectivity index (χ2v) is 10.1. The molecule has 1 aliphatic heterocycles. The average molecular weight is 511 g/mol. The minimum atomic E-state index is -0.829. The molecule has 1 aliphatic rings. The van der Waals surface area contributed by atoms with Crippen LogP contribution in [0.1, 0.15) is 32.9 Å². The van der Waals surface area contributed by atoms with Crippen LogP contribution in [0.5, 0.6) is 0 Å². The number of fused-ring (bicyclic) bond motifs is 1. The third kappa shape index (κ3) is 5.00. The molecule has 5 rings (SSSR count). The van der Waals surface area contributed by atoms with Gasteiger partial charge in [-0.3, -0.25) is 4.79 Å². The molecule has 38 heavy (non-hydrogen) atoms. The van der Waals surface area contributed by atoms with E-state index in [0.717, 1.165) is 41.0 Å². The number of para-hydroxylation sites is 3. The average Bonchev–Trinajstić information content (AvgIpc) is 3.25. The van der Waals surface area contributed by atoms with E-state index in [2.05, 4.69) is 28.1 Å². The van der Waals surface area contributed by atoms with Gasteiger partial charge in [-0.15, -0.1) is 0 Å². The van der Waals surface area contributed by atoms with Gasteiger partial charge in [0.2, 0.25) is 6.41 Å². The Morgan fingerprint density at radius 1 is 1.05 bits per heavy atom. The van der Waals surface area contributed by atoms with Gasteiger partial charge in [-0.2, -0.15) is 4.90 Å². The van der Waals surface area contributed by atoms with Crippen molar-refractivity contribution < 1.29 is 14.3 Å². The molecule has 2 amide bonds. The standard InChI is InChI=1S/C29H30N6O3/c1-29(2,3)38-28(37)35(19-36)26-25(27-32-22-12-8-9-13-24(22)33(27)4)31-23(18-30-26)20-14-16-34(17-15-20)21-10-6-5-7-11-21/h5-14,18-19H,15-17H2,1-4H3. The third-order valence-electron chi connectivity index (χ3n) is 6.34. The zero-order valence-corrected chi connectivity index (χ0v) is 22.0. The fourth-order valence-corrected chi connectivity index (χ4v) is 4.49. The first-order chi connectivity index (χ1) is 18.2. The molecule has 0 saturated heterocycles. The molecule has 0 bridgehead atoms. The van der Waals surface area contributed by atoms with Crippen LogP contribution in [0.25, 0.3) is 28.1 Å². The van der Waals surface area contributed by atoms with Crippen molar-refractivity contribution >= 4 is 40.6 Å². The molecule has 9 heteroatoms. The van der Waals surface area contributed by atoms with E-state index in [1.165, 1.54) is 5.69 Å². The number of aromatic nitrogens is 4. The van der Waals surface area contributed by atoms with Crippen LogP contribution < -0.4 is 9.80 Å². The van der Waals surface area contributed by atoms with Gasteiger partial charge < -0.3 is 14.2 Å². The first kappa shape index (κ1) is 25.1. The highest BCUT2D eigenvalue weighted by Crippen LogP contribution is 2.32. The number of nitrogens with zero attached hydrogens (tertiary/aromatic N) is 6. The first-order valence-electron chi connectivity index (χ1n) is 12.5. The summed E-state index contributed by atoms with van der Waals surface area (Å²) in [7, 11) is 1.87. The third-order valence-corrected chi connectivity index (χ3v) is 6.34. The maximum absolute atomic E-state index is 12.9. The van der Waals surface area contributed by atoms with Crippen molar-refractivity contribution in [1.82, 2.24) is 19.5 Å². The number of imidazole rings is 1. The molecule has 0 radical (unpaired) electrons. The number of benzene rings is 2. The molecular formula is C29H30N6O3. The molecule has 2 aromatic heterocycles. The van der Waals surface area contributed by atoms with Gasteiger partial charge in [0, 0.05) is 25.8 Å². The van der Waals surface area contributed by atoms with Gasteiger partial charge in [-0.25, -0.2) is 19.7 Å². The fourth-order valence-electron chi connectivity index (χ4n) is 4.49. The molecule has 2 aromatic carbocycles. The summed E-state index contributed by atoms with van der Waals surface area (Å²) in [6, 6.07) is 18.0. The van der Waals surface area contributed by atoms with E-state index in [-0.39, 0.29) is 5.82 Å². The maximum Gasteiger partial charge on any atom is 0.422 e. The Kier molecular flexibility index (Phi) is 6.67. The lowest BCUT2D eigenvalue weighted by Crippen LogP contribution is -2.37. The summed E-state index contributed by atoms with van der Waals surface area (Å²) in [5.41, 5.74) is 4.10. The largest absolute Gasteiger partial charge is 0.443 e. The zero-order valence-electron chi connectivity index (χ0n) is 22.0. The molecule has 0 spiro atoms. The Balaban J connectivity index is 1.58. The Hall–Kier alpha value is -4.53. The summed E-state index contributed by atoms with van der Waals surface area (Å²) >= 11 is 0. The van der Waals surface area contributed by atoms with Crippen LogP contribution in [-0.4, -0.2) is 50.7 Å². The minimum absolute atomic E-state index is 0.0683. The quantitative estimate of drug-likeness (QED) is 0.340. The summed E-state index contributed by atoms with van der Waals surface area (Å²) in [6.45, 7) is 6.79. The Labute approximate surface area is 221 Å². The van der Waals surface area contributed by atoms with Crippen LogP contribution in [0, 0.1) is 0 Å². The van der Waals surface area contributed by atoms with E-state index in [1.54, 1.807) is 27.0 Å². The van der Waals surface area contributed by atoms with Gasteiger partial charge in [-0.05, 0) is 57.0 Å². The van der Waals surface area contributed by atoms with Crippen LogP contribution in [0.2, 0.25) is 0 Å². The van der Waals surface area contributed by atoms with Gasteiger partial charge in [0.15, 0.2) is 11.6 Å². The smallest absolute Gasteiger partial charge is 0.422 e. The molecule has 0 N–H and O–H groups in total. The van der Waals surface area contributed by atoms with Crippen molar-refractivity contribution in [3.63, 3.8) is 0 Å². The fraction of sp³-hybridized carbons (Fsp3) is 0.276. The molecule has 0 unspecified atom stereocenters. The van der Waals surface area contributed by atoms with Crippen molar-refractivity contribution in [3.8, 4) is 11.5 Å².